The minimum absolute atomic E-state index is 0.304. The van der Waals surface area contributed by atoms with Crippen molar-refractivity contribution in [2.75, 3.05) is 25.1 Å². The predicted molar refractivity (Wildman–Crippen MR) is 137 cm³/mol. The number of anilines is 1. The fourth-order valence-corrected chi connectivity index (χ4v) is 3.44. The van der Waals surface area contributed by atoms with Gasteiger partial charge >= 0.3 is 5.97 Å². The lowest BCUT2D eigenvalue weighted by Gasteiger charge is -2.16. The van der Waals surface area contributed by atoms with Crippen LogP contribution in [0.5, 0.6) is 11.5 Å². The van der Waals surface area contributed by atoms with E-state index in [9.17, 15) is 14.4 Å². The van der Waals surface area contributed by atoms with Crippen LogP contribution in [0.1, 0.15) is 31.1 Å². The largest absolute Gasteiger partial charge is 0.490 e. The number of rotatable bonds is 11. The van der Waals surface area contributed by atoms with Gasteiger partial charge < -0.3 is 24.8 Å². The Morgan fingerprint density at radius 1 is 0.833 bits per heavy atom. The Labute approximate surface area is 210 Å². The predicted octanol–water partition coefficient (Wildman–Crippen LogP) is 4.45. The lowest BCUT2D eigenvalue weighted by Crippen LogP contribution is -2.35. The summed E-state index contributed by atoms with van der Waals surface area (Å²) in [5, 5.41) is 5.31. The highest BCUT2D eigenvalue weighted by Crippen LogP contribution is 2.29. The molecule has 0 aliphatic rings. The summed E-state index contributed by atoms with van der Waals surface area (Å²) in [6, 6.07) is 21.8. The van der Waals surface area contributed by atoms with Crippen molar-refractivity contribution in [3.05, 3.63) is 78.4 Å². The molecular weight excluding hydrogens is 460 g/mol. The second-order valence-electron chi connectivity index (χ2n) is 7.74. The molecule has 188 valence electrons. The number of ether oxygens (including phenoxy) is 3. The summed E-state index contributed by atoms with van der Waals surface area (Å²) in [7, 11) is 0. The van der Waals surface area contributed by atoms with Crippen LogP contribution < -0.4 is 20.1 Å². The van der Waals surface area contributed by atoms with Crippen LogP contribution in [0.2, 0.25) is 0 Å². The van der Waals surface area contributed by atoms with E-state index in [2.05, 4.69) is 10.6 Å². The van der Waals surface area contributed by atoms with Crippen LogP contribution in [0.15, 0.2) is 72.8 Å². The molecule has 0 fully saturated rings. The van der Waals surface area contributed by atoms with E-state index in [4.69, 9.17) is 14.2 Å². The van der Waals surface area contributed by atoms with Crippen molar-refractivity contribution in [1.82, 2.24) is 5.32 Å². The summed E-state index contributed by atoms with van der Waals surface area (Å²) in [5.74, 6) is -0.728. The zero-order valence-electron chi connectivity index (χ0n) is 20.6. The maximum Gasteiger partial charge on any atom is 0.326 e. The highest BCUT2D eigenvalue weighted by Gasteiger charge is 2.20. The molecule has 36 heavy (non-hydrogen) atoms. The number of nitrogens with one attached hydrogen (secondary N) is 2. The average molecular weight is 491 g/mol. The third-order valence-corrected chi connectivity index (χ3v) is 5.15. The smallest absolute Gasteiger partial charge is 0.326 e. The van der Waals surface area contributed by atoms with Crippen LogP contribution in [-0.4, -0.2) is 43.6 Å². The maximum atomic E-state index is 12.7. The number of carbonyl (C=O) groups excluding carboxylic acids is 3. The average Bonchev–Trinajstić information content (AvgIpc) is 2.89. The van der Waals surface area contributed by atoms with Gasteiger partial charge in [-0.1, -0.05) is 48.5 Å². The van der Waals surface area contributed by atoms with Crippen molar-refractivity contribution >= 4 is 23.5 Å². The zero-order valence-corrected chi connectivity index (χ0v) is 20.6. The van der Waals surface area contributed by atoms with Crippen molar-refractivity contribution in [2.45, 2.75) is 26.9 Å². The third kappa shape index (κ3) is 7.09. The van der Waals surface area contributed by atoms with Gasteiger partial charge in [0.2, 0.25) is 0 Å². The first-order valence-electron chi connectivity index (χ1n) is 11.8. The van der Waals surface area contributed by atoms with Gasteiger partial charge in [-0.15, -0.1) is 0 Å². The number of hydrogen-bond donors (Lipinski definition) is 2. The molecule has 2 amide bonds. The van der Waals surface area contributed by atoms with Gasteiger partial charge in [-0.2, -0.15) is 0 Å². The Balaban J connectivity index is 1.55. The van der Waals surface area contributed by atoms with E-state index < -0.39 is 30.4 Å². The molecule has 1 atom stereocenters. The van der Waals surface area contributed by atoms with E-state index in [1.54, 1.807) is 24.3 Å². The zero-order chi connectivity index (χ0) is 25.9. The third-order valence-electron chi connectivity index (χ3n) is 5.15. The molecule has 0 saturated carbocycles. The summed E-state index contributed by atoms with van der Waals surface area (Å²) < 4.78 is 16.2. The van der Waals surface area contributed by atoms with E-state index in [0.29, 0.717) is 36.0 Å². The first-order valence-corrected chi connectivity index (χ1v) is 11.8. The molecular formula is C28H30N2O6. The monoisotopic (exact) mass is 490 g/mol. The van der Waals surface area contributed by atoms with Crippen LogP contribution in [0, 0.1) is 0 Å². The van der Waals surface area contributed by atoms with Crippen LogP contribution in [0.3, 0.4) is 0 Å². The van der Waals surface area contributed by atoms with Gasteiger partial charge in [0.15, 0.2) is 17.6 Å². The number of para-hydroxylation sites is 1. The highest BCUT2D eigenvalue weighted by atomic mass is 16.5. The topological polar surface area (TPSA) is 103 Å². The summed E-state index contributed by atoms with van der Waals surface area (Å²) >= 11 is 0. The van der Waals surface area contributed by atoms with Gasteiger partial charge in [0, 0.05) is 16.8 Å². The Kier molecular flexibility index (Phi) is 9.45. The van der Waals surface area contributed by atoms with Gasteiger partial charge in [-0.25, -0.2) is 0 Å². The van der Waals surface area contributed by atoms with E-state index in [0.717, 1.165) is 11.1 Å². The van der Waals surface area contributed by atoms with E-state index in [-0.39, 0.29) is 0 Å². The summed E-state index contributed by atoms with van der Waals surface area (Å²) in [6.45, 7) is 5.63. The van der Waals surface area contributed by atoms with Crippen molar-refractivity contribution < 1.29 is 28.6 Å². The fraction of sp³-hybridized carbons (Fsp3) is 0.250. The van der Waals surface area contributed by atoms with Crippen molar-refractivity contribution in [1.29, 1.82) is 0 Å². The molecule has 0 aromatic heterocycles. The number of esters is 1. The molecule has 0 saturated heterocycles. The Morgan fingerprint density at radius 3 is 2.22 bits per heavy atom. The van der Waals surface area contributed by atoms with Crippen molar-refractivity contribution in [3.63, 3.8) is 0 Å². The van der Waals surface area contributed by atoms with Gasteiger partial charge in [-0.05, 0) is 50.6 Å². The van der Waals surface area contributed by atoms with Crippen LogP contribution >= 0.6 is 0 Å². The SMILES string of the molecule is CCOc1ccc(C(=O)NCC(=O)OC(C)C(=O)Nc2ccccc2-c2ccccc2)cc1OCC. The Morgan fingerprint density at radius 2 is 1.50 bits per heavy atom. The van der Waals surface area contributed by atoms with E-state index in [1.807, 2.05) is 62.4 Å². The normalized spacial score (nSPS) is 11.2. The lowest BCUT2D eigenvalue weighted by molar-refractivity contribution is -0.152. The molecule has 1 unspecified atom stereocenters. The molecule has 0 bridgehead atoms. The number of amides is 2. The molecule has 2 N–H and O–H groups in total. The molecule has 3 aromatic rings. The summed E-state index contributed by atoms with van der Waals surface area (Å²) in [4.78, 5) is 37.5. The molecule has 0 radical (unpaired) electrons. The molecule has 0 spiro atoms. The number of benzene rings is 3. The highest BCUT2D eigenvalue weighted by molar-refractivity contribution is 5.99. The second kappa shape index (κ2) is 12.9. The van der Waals surface area contributed by atoms with Gasteiger partial charge in [0.25, 0.3) is 11.8 Å². The standard InChI is InChI=1S/C28H30N2O6/c1-4-34-24-16-15-21(17-25(24)35-5-2)28(33)29-18-26(31)36-19(3)27(32)30-23-14-10-9-13-22(23)20-11-7-6-8-12-20/h6-17,19H,4-5,18H2,1-3H3,(H,29,33)(H,30,32). The first kappa shape index (κ1) is 26.3. The molecule has 0 aliphatic heterocycles. The molecule has 3 aromatic carbocycles. The second-order valence-corrected chi connectivity index (χ2v) is 7.74. The fourth-order valence-electron chi connectivity index (χ4n) is 3.44. The Hall–Kier alpha value is -4.33. The van der Waals surface area contributed by atoms with Gasteiger partial charge in [0.05, 0.1) is 13.2 Å². The van der Waals surface area contributed by atoms with Crippen LogP contribution in [0.25, 0.3) is 11.1 Å². The number of hydrogen-bond acceptors (Lipinski definition) is 6. The molecule has 8 heteroatoms. The van der Waals surface area contributed by atoms with Crippen LogP contribution in [0.4, 0.5) is 5.69 Å². The first-order chi connectivity index (χ1) is 17.4. The summed E-state index contributed by atoms with van der Waals surface area (Å²) in [6.07, 6.45) is -1.06. The van der Waals surface area contributed by atoms with E-state index >= 15 is 0 Å². The minimum Gasteiger partial charge on any atom is -0.490 e. The molecule has 8 nitrogen and oxygen atoms in total. The van der Waals surface area contributed by atoms with Gasteiger partial charge in [-0.3, -0.25) is 14.4 Å². The van der Waals surface area contributed by atoms with Gasteiger partial charge in [0.1, 0.15) is 6.54 Å². The Bertz CT molecular complexity index is 1200. The summed E-state index contributed by atoms with van der Waals surface area (Å²) in [5.41, 5.74) is 2.70. The minimum atomic E-state index is -1.06. The maximum absolute atomic E-state index is 12.7. The van der Waals surface area contributed by atoms with Crippen LogP contribution in [-0.2, 0) is 14.3 Å². The quantitative estimate of drug-likeness (QED) is 0.385. The van der Waals surface area contributed by atoms with Crippen molar-refractivity contribution in [3.8, 4) is 22.6 Å². The van der Waals surface area contributed by atoms with E-state index in [1.165, 1.54) is 6.92 Å². The molecule has 0 heterocycles. The van der Waals surface area contributed by atoms with Crippen molar-refractivity contribution in [2.24, 2.45) is 0 Å². The molecule has 3 rings (SSSR count). The lowest BCUT2D eigenvalue weighted by atomic mass is 10.0. The number of carbonyl (C=O) groups is 3. The molecule has 0 aliphatic carbocycles.